The number of nitrogens with zero attached hydrogens (tertiary/aromatic N) is 2. The second-order valence-corrected chi connectivity index (χ2v) is 5.47. The van der Waals surface area contributed by atoms with Crippen LogP contribution in [0, 0.1) is 11.6 Å². The number of anilines is 2. The van der Waals surface area contributed by atoms with Gasteiger partial charge < -0.3 is 10.6 Å². The van der Waals surface area contributed by atoms with E-state index in [1.54, 1.807) is 7.05 Å². The quantitative estimate of drug-likeness (QED) is 0.892. The van der Waals surface area contributed by atoms with Gasteiger partial charge in [-0.1, -0.05) is 6.92 Å². The second-order valence-electron chi connectivity index (χ2n) is 5.47. The van der Waals surface area contributed by atoms with Crippen LogP contribution >= 0.6 is 0 Å². The number of aromatic nitrogens is 2. The van der Waals surface area contributed by atoms with E-state index in [4.69, 9.17) is 0 Å². The molecule has 1 aromatic heterocycles. The van der Waals surface area contributed by atoms with Gasteiger partial charge in [-0.2, -0.15) is 5.10 Å². The van der Waals surface area contributed by atoms with Crippen molar-refractivity contribution in [2.24, 2.45) is 7.05 Å². The van der Waals surface area contributed by atoms with Gasteiger partial charge in [-0.25, -0.2) is 8.78 Å². The molecular weight excluding hydrogens is 306 g/mol. The van der Waals surface area contributed by atoms with Crippen LogP contribution in [-0.4, -0.2) is 21.6 Å². The van der Waals surface area contributed by atoms with Crippen molar-refractivity contribution in [2.45, 2.75) is 19.3 Å². The summed E-state index contributed by atoms with van der Waals surface area (Å²) in [7, 11) is 1.63. The van der Waals surface area contributed by atoms with Crippen molar-refractivity contribution in [1.29, 1.82) is 0 Å². The predicted octanol–water partition coefficient (Wildman–Crippen LogP) is 2.40. The topological polar surface area (TPSA) is 76.0 Å². The number of carbonyl (C=O) groups excluding carboxylic acids is 2. The number of carbonyl (C=O) groups is 2. The third-order valence-electron chi connectivity index (χ3n) is 3.73. The molecule has 120 valence electrons. The molecule has 0 saturated heterocycles. The van der Waals surface area contributed by atoms with Crippen LogP contribution in [0.25, 0.3) is 0 Å². The third kappa shape index (κ3) is 2.67. The monoisotopic (exact) mass is 320 g/mol. The summed E-state index contributed by atoms with van der Waals surface area (Å²) < 4.78 is 28.1. The van der Waals surface area contributed by atoms with E-state index in [0.717, 1.165) is 12.1 Å². The van der Waals surface area contributed by atoms with Gasteiger partial charge in [0.2, 0.25) is 5.91 Å². The van der Waals surface area contributed by atoms with Gasteiger partial charge in [-0.05, 0) is 18.1 Å². The van der Waals surface area contributed by atoms with E-state index in [9.17, 15) is 18.4 Å². The first-order valence-electron chi connectivity index (χ1n) is 7.00. The molecular formula is C15H14F2N4O2. The van der Waals surface area contributed by atoms with Crippen LogP contribution in [0.2, 0.25) is 0 Å². The molecule has 2 amide bonds. The van der Waals surface area contributed by atoms with Crippen molar-refractivity contribution in [2.75, 3.05) is 10.6 Å². The zero-order chi connectivity index (χ0) is 16.7. The second kappa shape index (κ2) is 5.45. The molecule has 0 bridgehead atoms. The first-order chi connectivity index (χ1) is 10.9. The number of halogens is 2. The Kier molecular flexibility index (Phi) is 3.59. The number of fused-ring (bicyclic) bond motifs is 1. The summed E-state index contributed by atoms with van der Waals surface area (Å²) >= 11 is 0. The van der Waals surface area contributed by atoms with Gasteiger partial charge in [0.1, 0.15) is 17.5 Å². The molecule has 23 heavy (non-hydrogen) atoms. The van der Waals surface area contributed by atoms with E-state index in [2.05, 4.69) is 15.7 Å². The lowest BCUT2D eigenvalue weighted by molar-refractivity contribution is -0.116. The Bertz CT molecular complexity index is 816. The molecule has 8 heteroatoms. The van der Waals surface area contributed by atoms with Crippen molar-refractivity contribution in [1.82, 2.24) is 9.78 Å². The number of hydrogen-bond acceptors (Lipinski definition) is 3. The minimum Gasteiger partial charge on any atom is -0.311 e. The van der Waals surface area contributed by atoms with Crippen molar-refractivity contribution < 1.29 is 18.4 Å². The molecule has 1 aromatic carbocycles. The van der Waals surface area contributed by atoms with Crippen LogP contribution < -0.4 is 10.6 Å². The minimum absolute atomic E-state index is 0.129. The van der Waals surface area contributed by atoms with Crippen molar-refractivity contribution in [3.8, 4) is 0 Å². The van der Waals surface area contributed by atoms with Gasteiger partial charge in [0.25, 0.3) is 5.91 Å². The van der Waals surface area contributed by atoms with Crippen LogP contribution in [-0.2, 0) is 11.8 Å². The highest BCUT2D eigenvalue weighted by atomic mass is 19.1. The van der Waals surface area contributed by atoms with E-state index in [1.165, 1.54) is 4.68 Å². The zero-order valence-electron chi connectivity index (χ0n) is 12.5. The molecule has 0 radical (unpaired) electrons. The van der Waals surface area contributed by atoms with Crippen LogP contribution in [0.4, 0.5) is 20.4 Å². The molecule has 0 fully saturated rings. The summed E-state index contributed by atoms with van der Waals surface area (Å²) in [6.45, 7) is 1.84. The van der Waals surface area contributed by atoms with E-state index in [0.29, 0.717) is 17.4 Å². The van der Waals surface area contributed by atoms with E-state index in [-0.39, 0.29) is 29.6 Å². The summed E-state index contributed by atoms with van der Waals surface area (Å²) in [6.07, 6.45) is 0.270. The SMILES string of the molecule is C[C@@H]1CC(=O)Nc2c1c(NC(=O)c1ccc(F)cc1F)nn2C. The van der Waals surface area contributed by atoms with Crippen molar-refractivity contribution >= 4 is 23.5 Å². The highest BCUT2D eigenvalue weighted by Crippen LogP contribution is 2.37. The molecule has 2 heterocycles. The molecule has 0 saturated carbocycles. The van der Waals surface area contributed by atoms with E-state index in [1.807, 2.05) is 6.92 Å². The number of amides is 2. The number of rotatable bonds is 2. The normalized spacial score (nSPS) is 16.7. The van der Waals surface area contributed by atoms with Crippen LogP contribution in [0.1, 0.15) is 35.2 Å². The summed E-state index contributed by atoms with van der Waals surface area (Å²) in [5, 5.41) is 9.39. The fourth-order valence-electron chi connectivity index (χ4n) is 2.66. The van der Waals surface area contributed by atoms with Gasteiger partial charge in [0, 0.05) is 25.1 Å². The minimum atomic E-state index is -0.950. The third-order valence-corrected chi connectivity index (χ3v) is 3.73. The molecule has 1 aliphatic rings. The van der Waals surface area contributed by atoms with Crippen LogP contribution in [0.5, 0.6) is 0 Å². The molecule has 0 spiro atoms. The predicted molar refractivity (Wildman–Crippen MR) is 79.2 cm³/mol. The van der Waals surface area contributed by atoms with Gasteiger partial charge in [0.15, 0.2) is 5.82 Å². The number of benzene rings is 1. The highest BCUT2D eigenvalue weighted by molar-refractivity contribution is 6.05. The standard InChI is InChI=1S/C15H14F2N4O2/c1-7-5-11(22)18-14-12(7)13(20-21(14)2)19-15(23)9-4-3-8(16)6-10(9)17/h3-4,6-7H,5H2,1-2H3,(H,18,22)(H,19,20,23)/t7-/m1/s1. The Morgan fingerprint density at radius 1 is 1.43 bits per heavy atom. The first-order valence-corrected chi connectivity index (χ1v) is 7.00. The molecule has 1 aliphatic heterocycles. The van der Waals surface area contributed by atoms with Crippen LogP contribution in [0.3, 0.4) is 0 Å². The molecule has 0 aliphatic carbocycles. The van der Waals surface area contributed by atoms with Crippen molar-refractivity contribution in [3.05, 3.63) is 41.0 Å². The molecule has 6 nitrogen and oxygen atoms in total. The largest absolute Gasteiger partial charge is 0.311 e. The Morgan fingerprint density at radius 3 is 2.87 bits per heavy atom. The summed E-state index contributed by atoms with van der Waals surface area (Å²) in [6, 6.07) is 2.72. The summed E-state index contributed by atoms with van der Waals surface area (Å²) in [4.78, 5) is 23.8. The van der Waals surface area contributed by atoms with Gasteiger partial charge in [0.05, 0.1) is 5.56 Å². The van der Waals surface area contributed by atoms with Crippen LogP contribution in [0.15, 0.2) is 18.2 Å². The molecule has 0 unspecified atom stereocenters. The lowest BCUT2D eigenvalue weighted by Crippen LogP contribution is -2.23. The van der Waals surface area contributed by atoms with E-state index >= 15 is 0 Å². The summed E-state index contributed by atoms with van der Waals surface area (Å²) in [5.74, 6) is -1.95. The zero-order valence-corrected chi connectivity index (χ0v) is 12.5. The maximum absolute atomic E-state index is 13.7. The smallest absolute Gasteiger partial charge is 0.259 e. The molecule has 3 rings (SSSR count). The maximum atomic E-state index is 13.7. The average Bonchev–Trinajstić information content (AvgIpc) is 2.75. The van der Waals surface area contributed by atoms with Gasteiger partial charge >= 0.3 is 0 Å². The van der Waals surface area contributed by atoms with E-state index < -0.39 is 17.5 Å². The summed E-state index contributed by atoms with van der Waals surface area (Å²) in [5.41, 5.74) is 0.404. The Morgan fingerprint density at radius 2 is 2.17 bits per heavy atom. The van der Waals surface area contributed by atoms with Crippen molar-refractivity contribution in [3.63, 3.8) is 0 Å². The Labute approximate surface area is 130 Å². The first kappa shape index (κ1) is 15.1. The molecule has 1 atom stereocenters. The fraction of sp³-hybridized carbons (Fsp3) is 0.267. The average molecular weight is 320 g/mol. The fourth-order valence-corrected chi connectivity index (χ4v) is 2.66. The molecule has 2 aromatic rings. The molecule has 2 N–H and O–H groups in total. The Balaban J connectivity index is 1.93. The lowest BCUT2D eigenvalue weighted by Gasteiger charge is -2.20. The number of nitrogens with one attached hydrogen (secondary N) is 2. The van der Waals surface area contributed by atoms with Gasteiger partial charge in [-0.3, -0.25) is 14.3 Å². The number of aryl methyl sites for hydroxylation is 1. The lowest BCUT2D eigenvalue weighted by atomic mass is 9.95. The Hall–Kier alpha value is -2.77. The van der Waals surface area contributed by atoms with Gasteiger partial charge in [-0.15, -0.1) is 0 Å². The number of hydrogen-bond donors (Lipinski definition) is 2. The highest BCUT2D eigenvalue weighted by Gasteiger charge is 2.30. The maximum Gasteiger partial charge on any atom is 0.259 e.